The fourth-order valence-corrected chi connectivity index (χ4v) is 3.61. The number of hydrogen-bond acceptors (Lipinski definition) is 3. The number of para-hydroxylation sites is 1. The molecule has 0 aliphatic carbocycles. The summed E-state index contributed by atoms with van der Waals surface area (Å²) in [5.74, 6) is 0.335. The van der Waals surface area contributed by atoms with Crippen molar-refractivity contribution in [3.05, 3.63) is 60.2 Å². The number of thiophene rings is 1. The number of aromatic hydroxyl groups is 1. The highest BCUT2D eigenvalue weighted by Crippen LogP contribution is 2.43. The molecule has 0 spiro atoms. The highest BCUT2D eigenvalue weighted by atomic mass is 32.1. The van der Waals surface area contributed by atoms with Crippen LogP contribution in [-0.2, 0) is 0 Å². The first kappa shape index (κ1) is 12.4. The summed E-state index contributed by atoms with van der Waals surface area (Å²) >= 11 is 1.58. The lowest BCUT2D eigenvalue weighted by molar-refractivity contribution is 0.485. The number of benzene rings is 2. The van der Waals surface area contributed by atoms with Gasteiger partial charge in [-0.05, 0) is 31.2 Å². The second-order valence-corrected chi connectivity index (χ2v) is 6.22. The van der Waals surface area contributed by atoms with Crippen LogP contribution >= 0.6 is 11.3 Å². The van der Waals surface area contributed by atoms with Crippen molar-refractivity contribution in [3.63, 3.8) is 0 Å². The van der Waals surface area contributed by atoms with Gasteiger partial charge in [0.25, 0.3) is 0 Å². The minimum Gasteiger partial charge on any atom is -0.506 e. The zero-order valence-corrected chi connectivity index (χ0v) is 12.3. The van der Waals surface area contributed by atoms with E-state index >= 15 is 0 Å². The standard InChI is InChI=1S/C18H13NOS/c1-11-6-9-16-13(10-11)17(20)18(21-16)15-8-7-12-4-2-3-5-14(12)19-15/h2-10,20H,1H3. The van der Waals surface area contributed by atoms with Crippen LogP contribution in [0.2, 0.25) is 0 Å². The zero-order valence-electron chi connectivity index (χ0n) is 11.5. The van der Waals surface area contributed by atoms with E-state index < -0.39 is 0 Å². The predicted octanol–water partition coefficient (Wildman–Crippen LogP) is 5.13. The molecule has 21 heavy (non-hydrogen) atoms. The smallest absolute Gasteiger partial charge is 0.143 e. The minimum absolute atomic E-state index is 0.335. The van der Waals surface area contributed by atoms with Gasteiger partial charge in [-0.1, -0.05) is 35.9 Å². The molecule has 0 aliphatic rings. The normalized spacial score (nSPS) is 11.3. The van der Waals surface area contributed by atoms with Gasteiger partial charge in [0.2, 0.25) is 0 Å². The summed E-state index contributed by atoms with van der Waals surface area (Å²) in [7, 11) is 0. The van der Waals surface area contributed by atoms with Crippen molar-refractivity contribution < 1.29 is 5.11 Å². The molecule has 2 heterocycles. The molecule has 0 bridgehead atoms. The topological polar surface area (TPSA) is 33.1 Å². The highest BCUT2D eigenvalue weighted by Gasteiger charge is 2.14. The van der Waals surface area contributed by atoms with Gasteiger partial charge in [-0.2, -0.15) is 0 Å². The van der Waals surface area contributed by atoms with Crippen LogP contribution in [0.15, 0.2) is 54.6 Å². The van der Waals surface area contributed by atoms with Crippen LogP contribution < -0.4 is 0 Å². The Hall–Kier alpha value is -2.39. The molecule has 2 aromatic carbocycles. The Bertz CT molecular complexity index is 971. The van der Waals surface area contributed by atoms with E-state index in [4.69, 9.17) is 0 Å². The van der Waals surface area contributed by atoms with E-state index in [1.165, 1.54) is 0 Å². The fraction of sp³-hybridized carbons (Fsp3) is 0.0556. The van der Waals surface area contributed by atoms with Crippen LogP contribution in [-0.4, -0.2) is 10.1 Å². The molecule has 4 aromatic rings. The van der Waals surface area contributed by atoms with E-state index in [1.807, 2.05) is 49.4 Å². The SMILES string of the molecule is Cc1ccc2sc(-c3ccc4ccccc4n3)c(O)c2c1. The van der Waals surface area contributed by atoms with Crippen molar-refractivity contribution in [2.75, 3.05) is 0 Å². The van der Waals surface area contributed by atoms with Crippen LogP contribution in [0.4, 0.5) is 0 Å². The number of nitrogens with zero attached hydrogens (tertiary/aromatic N) is 1. The molecule has 3 heteroatoms. The van der Waals surface area contributed by atoms with Crippen LogP contribution in [0.3, 0.4) is 0 Å². The zero-order chi connectivity index (χ0) is 14.4. The van der Waals surface area contributed by atoms with E-state index in [9.17, 15) is 5.11 Å². The van der Waals surface area contributed by atoms with Crippen LogP contribution in [0.5, 0.6) is 5.75 Å². The van der Waals surface area contributed by atoms with Crippen molar-refractivity contribution in [2.45, 2.75) is 6.92 Å². The first-order valence-electron chi connectivity index (χ1n) is 6.81. The molecule has 0 fully saturated rings. The lowest BCUT2D eigenvalue weighted by Crippen LogP contribution is -1.82. The molecule has 0 aliphatic heterocycles. The predicted molar refractivity (Wildman–Crippen MR) is 89.0 cm³/mol. The summed E-state index contributed by atoms with van der Waals surface area (Å²) in [6.07, 6.45) is 0. The van der Waals surface area contributed by atoms with E-state index in [-0.39, 0.29) is 0 Å². The van der Waals surface area contributed by atoms with Crippen LogP contribution in [0, 0.1) is 6.92 Å². The van der Waals surface area contributed by atoms with Crippen LogP contribution in [0.25, 0.3) is 31.6 Å². The molecule has 0 saturated heterocycles. The summed E-state index contributed by atoms with van der Waals surface area (Å²) in [6.45, 7) is 2.03. The van der Waals surface area contributed by atoms with E-state index in [1.54, 1.807) is 11.3 Å². The minimum atomic E-state index is 0.335. The summed E-state index contributed by atoms with van der Waals surface area (Å²) in [5, 5.41) is 12.5. The molecule has 2 aromatic heterocycles. The second kappa shape index (κ2) is 4.57. The lowest BCUT2D eigenvalue weighted by atomic mass is 10.1. The lowest BCUT2D eigenvalue weighted by Gasteiger charge is -2.01. The Morgan fingerprint density at radius 2 is 1.86 bits per heavy atom. The number of hydrogen-bond donors (Lipinski definition) is 1. The van der Waals surface area contributed by atoms with Crippen molar-refractivity contribution in [3.8, 4) is 16.3 Å². The third kappa shape index (κ3) is 1.98. The van der Waals surface area contributed by atoms with Gasteiger partial charge in [0.15, 0.2) is 0 Å². The molecule has 0 amide bonds. The Balaban J connectivity index is 1.97. The van der Waals surface area contributed by atoms with E-state index in [2.05, 4.69) is 17.1 Å². The van der Waals surface area contributed by atoms with Crippen molar-refractivity contribution in [1.29, 1.82) is 0 Å². The molecule has 0 unspecified atom stereocenters. The first-order chi connectivity index (χ1) is 10.2. The van der Waals surface area contributed by atoms with Gasteiger partial charge in [0, 0.05) is 15.5 Å². The quantitative estimate of drug-likeness (QED) is 0.527. The van der Waals surface area contributed by atoms with Crippen molar-refractivity contribution in [2.24, 2.45) is 0 Å². The van der Waals surface area contributed by atoms with Gasteiger partial charge in [0.1, 0.15) is 5.75 Å². The maximum absolute atomic E-state index is 10.5. The molecule has 0 radical (unpaired) electrons. The Labute approximate surface area is 126 Å². The first-order valence-corrected chi connectivity index (χ1v) is 7.62. The average molecular weight is 291 g/mol. The number of fused-ring (bicyclic) bond motifs is 2. The summed E-state index contributed by atoms with van der Waals surface area (Å²) in [4.78, 5) is 5.51. The Kier molecular flexibility index (Phi) is 2.69. The maximum Gasteiger partial charge on any atom is 0.143 e. The summed E-state index contributed by atoms with van der Waals surface area (Å²) < 4.78 is 1.09. The number of rotatable bonds is 1. The number of pyridine rings is 1. The molecule has 0 atom stereocenters. The average Bonchev–Trinajstić information content (AvgIpc) is 2.84. The molecule has 102 valence electrons. The summed E-state index contributed by atoms with van der Waals surface area (Å²) in [5.41, 5.74) is 2.92. The molecule has 1 N–H and O–H groups in total. The largest absolute Gasteiger partial charge is 0.506 e. The highest BCUT2D eigenvalue weighted by molar-refractivity contribution is 7.22. The van der Waals surface area contributed by atoms with E-state index in [0.717, 1.165) is 37.1 Å². The van der Waals surface area contributed by atoms with Crippen molar-refractivity contribution in [1.82, 2.24) is 4.98 Å². The van der Waals surface area contributed by atoms with E-state index in [0.29, 0.717) is 5.75 Å². The van der Waals surface area contributed by atoms with Crippen LogP contribution in [0.1, 0.15) is 5.56 Å². The van der Waals surface area contributed by atoms with Gasteiger partial charge < -0.3 is 5.11 Å². The Morgan fingerprint density at radius 1 is 1.00 bits per heavy atom. The number of aromatic nitrogens is 1. The molecular formula is C18H13NOS. The third-order valence-electron chi connectivity index (χ3n) is 3.65. The Morgan fingerprint density at radius 3 is 2.76 bits per heavy atom. The molecule has 4 rings (SSSR count). The van der Waals surface area contributed by atoms with Gasteiger partial charge >= 0.3 is 0 Å². The molecule has 2 nitrogen and oxygen atoms in total. The summed E-state index contributed by atoms with van der Waals surface area (Å²) in [6, 6.07) is 18.2. The second-order valence-electron chi connectivity index (χ2n) is 5.17. The van der Waals surface area contributed by atoms with Gasteiger partial charge in [-0.25, -0.2) is 4.98 Å². The molecule has 0 saturated carbocycles. The van der Waals surface area contributed by atoms with Gasteiger partial charge in [0.05, 0.1) is 16.1 Å². The van der Waals surface area contributed by atoms with Crippen molar-refractivity contribution >= 4 is 32.3 Å². The molecular weight excluding hydrogens is 278 g/mol. The fourth-order valence-electron chi connectivity index (χ4n) is 2.56. The monoisotopic (exact) mass is 291 g/mol. The van der Waals surface area contributed by atoms with Gasteiger partial charge in [-0.15, -0.1) is 11.3 Å². The van der Waals surface area contributed by atoms with Gasteiger partial charge in [-0.3, -0.25) is 0 Å². The third-order valence-corrected chi connectivity index (χ3v) is 4.83. The maximum atomic E-state index is 10.5. The number of aryl methyl sites for hydroxylation is 1.